The Hall–Kier alpha value is -2.49. The van der Waals surface area contributed by atoms with E-state index in [9.17, 15) is 4.79 Å². The van der Waals surface area contributed by atoms with Crippen LogP contribution in [-0.2, 0) is 0 Å². The second-order valence-corrected chi connectivity index (χ2v) is 5.32. The fourth-order valence-electron chi connectivity index (χ4n) is 2.40. The Morgan fingerprint density at radius 3 is 2.81 bits per heavy atom. The first-order valence-corrected chi connectivity index (χ1v) is 6.93. The highest BCUT2D eigenvalue weighted by atomic mass is 16.5. The van der Waals surface area contributed by atoms with E-state index in [1.807, 2.05) is 39.0 Å². The molecule has 0 saturated carbocycles. The normalized spacial score (nSPS) is 11.2. The Kier molecular flexibility index (Phi) is 3.29. The summed E-state index contributed by atoms with van der Waals surface area (Å²) in [4.78, 5) is 15.8. The second-order valence-electron chi connectivity index (χ2n) is 5.32. The zero-order valence-electron chi connectivity index (χ0n) is 12.3. The summed E-state index contributed by atoms with van der Waals surface area (Å²) >= 11 is 0. The van der Waals surface area contributed by atoms with Crippen molar-refractivity contribution in [3.63, 3.8) is 0 Å². The number of ketones is 1. The van der Waals surface area contributed by atoms with Gasteiger partial charge in [0.25, 0.3) is 0 Å². The number of ether oxygens (including phenoxy) is 1. The molecule has 3 aromatic rings. The van der Waals surface area contributed by atoms with Gasteiger partial charge in [0.2, 0.25) is 0 Å². The highest BCUT2D eigenvalue weighted by Gasteiger charge is 2.19. The van der Waals surface area contributed by atoms with Crippen molar-refractivity contribution in [3.05, 3.63) is 53.6 Å². The molecule has 0 bridgehead atoms. The Morgan fingerprint density at radius 2 is 2.14 bits per heavy atom. The van der Waals surface area contributed by atoms with E-state index in [-0.39, 0.29) is 11.9 Å². The molecule has 4 nitrogen and oxygen atoms in total. The summed E-state index contributed by atoms with van der Waals surface area (Å²) in [6.45, 7) is 5.75. The molecule has 0 unspecified atom stereocenters. The lowest BCUT2D eigenvalue weighted by Crippen LogP contribution is -2.07. The van der Waals surface area contributed by atoms with E-state index in [0.29, 0.717) is 16.9 Å². The minimum Gasteiger partial charge on any atom is -0.490 e. The van der Waals surface area contributed by atoms with Gasteiger partial charge < -0.3 is 14.1 Å². The molecule has 4 heteroatoms. The first-order chi connectivity index (χ1) is 10.1. The molecule has 0 atom stereocenters. The quantitative estimate of drug-likeness (QED) is 0.734. The van der Waals surface area contributed by atoms with Crippen LogP contribution in [0.5, 0.6) is 5.75 Å². The molecule has 2 heterocycles. The van der Waals surface area contributed by atoms with Crippen LogP contribution in [0.3, 0.4) is 0 Å². The third-order valence-corrected chi connectivity index (χ3v) is 3.27. The van der Waals surface area contributed by atoms with Crippen molar-refractivity contribution >= 4 is 16.7 Å². The number of H-pyrrole nitrogens is 1. The number of aryl methyl sites for hydroxylation is 1. The van der Waals surface area contributed by atoms with Gasteiger partial charge in [-0.25, -0.2) is 0 Å². The topological polar surface area (TPSA) is 55.2 Å². The molecule has 0 fully saturated rings. The van der Waals surface area contributed by atoms with E-state index >= 15 is 0 Å². The first-order valence-electron chi connectivity index (χ1n) is 6.93. The van der Waals surface area contributed by atoms with Crippen molar-refractivity contribution in [3.8, 4) is 5.75 Å². The number of aromatic nitrogens is 1. The minimum absolute atomic E-state index is 0.0459. The van der Waals surface area contributed by atoms with Crippen LogP contribution in [0.15, 0.2) is 41.1 Å². The van der Waals surface area contributed by atoms with Crippen molar-refractivity contribution in [2.45, 2.75) is 26.9 Å². The van der Waals surface area contributed by atoms with Crippen molar-refractivity contribution in [1.82, 2.24) is 4.98 Å². The molecule has 0 aliphatic rings. The largest absolute Gasteiger partial charge is 0.490 e. The van der Waals surface area contributed by atoms with Crippen LogP contribution in [-0.4, -0.2) is 16.9 Å². The number of hydrogen-bond donors (Lipinski definition) is 1. The standard InChI is InChI=1S/C17H17NO3/c1-10(2)21-15-6-4-5-14-16(15)13(8-18-14)17(19)12-7-11(3)20-9-12/h4-10,18H,1-3H3. The fourth-order valence-corrected chi connectivity index (χ4v) is 2.40. The van der Waals surface area contributed by atoms with Gasteiger partial charge in [-0.2, -0.15) is 0 Å². The Morgan fingerprint density at radius 1 is 1.33 bits per heavy atom. The van der Waals surface area contributed by atoms with Gasteiger partial charge in [-0.3, -0.25) is 4.79 Å². The monoisotopic (exact) mass is 283 g/mol. The van der Waals surface area contributed by atoms with Crippen molar-refractivity contribution in [2.24, 2.45) is 0 Å². The molecule has 108 valence electrons. The van der Waals surface area contributed by atoms with Crippen LogP contribution >= 0.6 is 0 Å². The Labute approximate surface area is 122 Å². The molecular weight excluding hydrogens is 266 g/mol. The van der Waals surface area contributed by atoms with Crippen molar-refractivity contribution in [2.75, 3.05) is 0 Å². The van der Waals surface area contributed by atoms with E-state index in [2.05, 4.69) is 4.98 Å². The number of nitrogens with one attached hydrogen (secondary N) is 1. The summed E-state index contributed by atoms with van der Waals surface area (Å²) in [6.07, 6.45) is 3.26. The number of fused-ring (bicyclic) bond motifs is 1. The Balaban J connectivity index is 2.12. The van der Waals surface area contributed by atoms with Gasteiger partial charge in [0, 0.05) is 11.7 Å². The summed E-state index contributed by atoms with van der Waals surface area (Å²) in [6, 6.07) is 7.47. The molecule has 3 rings (SSSR count). The zero-order valence-corrected chi connectivity index (χ0v) is 12.3. The number of hydrogen-bond acceptors (Lipinski definition) is 3. The van der Waals surface area contributed by atoms with E-state index < -0.39 is 0 Å². The van der Waals surface area contributed by atoms with Crippen LogP contribution in [0.2, 0.25) is 0 Å². The fraction of sp³-hybridized carbons (Fsp3) is 0.235. The molecule has 0 spiro atoms. The molecule has 0 aliphatic carbocycles. The summed E-state index contributed by atoms with van der Waals surface area (Å²) in [5.41, 5.74) is 2.03. The number of aromatic amines is 1. The maximum Gasteiger partial charge on any atom is 0.198 e. The molecule has 0 amide bonds. The van der Waals surface area contributed by atoms with Crippen LogP contribution in [0.25, 0.3) is 10.9 Å². The predicted octanol–water partition coefficient (Wildman–Crippen LogP) is 4.09. The molecule has 21 heavy (non-hydrogen) atoms. The SMILES string of the molecule is Cc1cc(C(=O)c2c[nH]c3cccc(OC(C)C)c23)co1. The van der Waals surface area contributed by atoms with Gasteiger partial charge in [0.15, 0.2) is 5.78 Å². The molecular formula is C17H17NO3. The van der Waals surface area contributed by atoms with E-state index in [0.717, 1.165) is 16.7 Å². The summed E-state index contributed by atoms with van der Waals surface area (Å²) in [5, 5.41) is 0.815. The van der Waals surface area contributed by atoms with Gasteiger partial charge in [0.05, 0.1) is 22.6 Å². The third-order valence-electron chi connectivity index (χ3n) is 3.27. The van der Waals surface area contributed by atoms with Gasteiger partial charge in [0.1, 0.15) is 17.8 Å². The molecule has 0 saturated heterocycles. The van der Waals surface area contributed by atoms with E-state index in [1.54, 1.807) is 12.3 Å². The minimum atomic E-state index is -0.0714. The lowest BCUT2D eigenvalue weighted by atomic mass is 10.0. The number of benzene rings is 1. The third kappa shape index (κ3) is 2.44. The highest BCUT2D eigenvalue weighted by molar-refractivity contribution is 6.17. The highest BCUT2D eigenvalue weighted by Crippen LogP contribution is 2.31. The number of carbonyl (C=O) groups excluding carboxylic acids is 1. The number of furan rings is 1. The van der Waals surface area contributed by atoms with E-state index in [4.69, 9.17) is 9.15 Å². The van der Waals surface area contributed by atoms with Gasteiger partial charge in [-0.15, -0.1) is 0 Å². The van der Waals surface area contributed by atoms with Crippen LogP contribution in [0, 0.1) is 6.92 Å². The molecule has 2 aromatic heterocycles. The lowest BCUT2D eigenvalue weighted by Gasteiger charge is -2.11. The average Bonchev–Trinajstić information content (AvgIpc) is 3.04. The number of carbonyl (C=O) groups is 1. The zero-order chi connectivity index (χ0) is 15.0. The van der Waals surface area contributed by atoms with E-state index in [1.165, 1.54) is 6.26 Å². The average molecular weight is 283 g/mol. The van der Waals surface area contributed by atoms with Crippen LogP contribution < -0.4 is 4.74 Å². The first kappa shape index (κ1) is 13.5. The molecule has 0 radical (unpaired) electrons. The maximum absolute atomic E-state index is 12.6. The van der Waals surface area contributed by atoms with Crippen LogP contribution in [0.1, 0.15) is 35.5 Å². The lowest BCUT2D eigenvalue weighted by molar-refractivity contribution is 0.103. The molecule has 1 N–H and O–H groups in total. The second kappa shape index (κ2) is 5.13. The Bertz CT molecular complexity index is 795. The number of rotatable bonds is 4. The smallest absolute Gasteiger partial charge is 0.198 e. The summed E-state index contributed by atoms with van der Waals surface area (Å²) < 4.78 is 11.1. The van der Waals surface area contributed by atoms with Crippen LogP contribution in [0.4, 0.5) is 0 Å². The van der Waals surface area contributed by atoms with Gasteiger partial charge in [-0.1, -0.05) is 6.07 Å². The molecule has 0 aliphatic heterocycles. The maximum atomic E-state index is 12.6. The van der Waals surface area contributed by atoms with Gasteiger partial charge in [-0.05, 0) is 39.0 Å². The predicted molar refractivity (Wildman–Crippen MR) is 80.9 cm³/mol. The van der Waals surface area contributed by atoms with Crippen molar-refractivity contribution < 1.29 is 13.9 Å². The summed E-state index contributed by atoms with van der Waals surface area (Å²) in [5.74, 6) is 1.36. The molecule has 1 aromatic carbocycles. The van der Waals surface area contributed by atoms with Crippen molar-refractivity contribution in [1.29, 1.82) is 0 Å². The summed E-state index contributed by atoms with van der Waals surface area (Å²) in [7, 11) is 0. The van der Waals surface area contributed by atoms with Gasteiger partial charge >= 0.3 is 0 Å².